The fraction of sp³-hybridized carbons (Fsp3) is 0.261. The molecule has 2 aromatic carbocycles. The Morgan fingerprint density at radius 3 is 2.59 bits per heavy atom. The van der Waals surface area contributed by atoms with E-state index in [0.29, 0.717) is 17.4 Å². The zero-order valence-electron chi connectivity index (χ0n) is 16.9. The summed E-state index contributed by atoms with van der Waals surface area (Å²) < 4.78 is 2.90. The van der Waals surface area contributed by atoms with Crippen LogP contribution in [-0.4, -0.2) is 20.7 Å². The van der Waals surface area contributed by atoms with Crippen molar-refractivity contribution in [3.8, 4) is 0 Å². The Bertz CT molecular complexity index is 1130. The van der Waals surface area contributed by atoms with Crippen LogP contribution in [0.15, 0.2) is 60.8 Å². The number of fused-ring (bicyclic) bond motifs is 1. The molecule has 0 saturated heterocycles. The molecule has 0 saturated carbocycles. The molecule has 2 heterocycles. The summed E-state index contributed by atoms with van der Waals surface area (Å²) in [5.41, 5.74) is 3.67. The zero-order valence-corrected chi connectivity index (χ0v) is 17.7. The van der Waals surface area contributed by atoms with Gasteiger partial charge in [-0.15, -0.1) is 0 Å². The largest absolute Gasteiger partial charge is 0.280 e. The second kappa shape index (κ2) is 8.17. The minimum atomic E-state index is -0.134. The standard InChI is InChI=1S/C23H24N4OS/c1-4-18-11-8-12-20-21(18)24-23(29-20)26(15-17-9-6-5-7-10-17)22(28)19-13-14-27(25-19)16(2)3/h5-14,16H,4,15H2,1-3H3. The summed E-state index contributed by atoms with van der Waals surface area (Å²) >= 11 is 1.55. The lowest BCUT2D eigenvalue weighted by molar-refractivity contribution is 0.0979. The van der Waals surface area contributed by atoms with Crippen LogP contribution in [-0.2, 0) is 13.0 Å². The topological polar surface area (TPSA) is 51.0 Å². The first kappa shape index (κ1) is 19.3. The molecule has 0 bridgehead atoms. The molecule has 0 unspecified atom stereocenters. The Balaban J connectivity index is 1.76. The number of benzene rings is 2. The van der Waals surface area contributed by atoms with E-state index < -0.39 is 0 Å². The third kappa shape index (κ3) is 3.93. The van der Waals surface area contributed by atoms with Crippen LogP contribution in [0.25, 0.3) is 10.2 Å². The van der Waals surface area contributed by atoms with Gasteiger partial charge in [0.1, 0.15) is 0 Å². The molecular weight excluding hydrogens is 380 g/mol. The molecule has 0 aliphatic rings. The van der Waals surface area contributed by atoms with Crippen LogP contribution in [0.4, 0.5) is 5.13 Å². The second-order valence-corrected chi connectivity index (χ2v) is 8.27. The summed E-state index contributed by atoms with van der Waals surface area (Å²) in [4.78, 5) is 20.0. The Morgan fingerprint density at radius 1 is 1.10 bits per heavy atom. The Morgan fingerprint density at radius 2 is 1.90 bits per heavy atom. The van der Waals surface area contributed by atoms with Crippen LogP contribution >= 0.6 is 11.3 Å². The maximum Gasteiger partial charge on any atom is 0.280 e. The van der Waals surface area contributed by atoms with Crippen LogP contribution in [0.2, 0.25) is 0 Å². The number of aromatic nitrogens is 3. The molecule has 4 rings (SSSR count). The highest BCUT2D eigenvalue weighted by molar-refractivity contribution is 7.22. The number of nitrogens with zero attached hydrogens (tertiary/aromatic N) is 4. The first-order valence-electron chi connectivity index (χ1n) is 9.86. The summed E-state index contributed by atoms with van der Waals surface area (Å²) in [5, 5.41) is 5.19. The fourth-order valence-electron chi connectivity index (χ4n) is 3.26. The van der Waals surface area contributed by atoms with Crippen LogP contribution in [0.1, 0.15) is 48.4 Å². The number of rotatable bonds is 6. The molecule has 5 nitrogen and oxygen atoms in total. The number of thiazole rings is 1. The maximum absolute atomic E-state index is 13.4. The van der Waals surface area contributed by atoms with Gasteiger partial charge in [-0.05, 0) is 43.5 Å². The van der Waals surface area contributed by atoms with E-state index in [2.05, 4.69) is 30.2 Å². The van der Waals surface area contributed by atoms with Crippen molar-refractivity contribution in [1.82, 2.24) is 14.8 Å². The molecule has 0 atom stereocenters. The highest BCUT2D eigenvalue weighted by atomic mass is 32.1. The fourth-order valence-corrected chi connectivity index (χ4v) is 4.28. The SMILES string of the molecule is CCc1cccc2sc(N(Cc3ccccc3)C(=O)c3ccn(C(C)C)n3)nc12. The first-order chi connectivity index (χ1) is 14.1. The van der Waals surface area contributed by atoms with Crippen LogP contribution in [0.5, 0.6) is 0 Å². The van der Waals surface area contributed by atoms with Crippen molar-refractivity contribution < 1.29 is 4.79 Å². The molecule has 0 N–H and O–H groups in total. The predicted octanol–water partition coefficient (Wildman–Crippen LogP) is 5.48. The average Bonchev–Trinajstić information content (AvgIpc) is 3.39. The Kier molecular flexibility index (Phi) is 5.45. The molecule has 0 fully saturated rings. The molecular formula is C23H24N4OS. The maximum atomic E-state index is 13.4. The summed E-state index contributed by atoms with van der Waals surface area (Å²) in [7, 11) is 0. The van der Waals surface area contributed by atoms with E-state index in [4.69, 9.17) is 4.98 Å². The summed E-state index contributed by atoms with van der Waals surface area (Å²) in [6, 6.07) is 18.2. The van der Waals surface area contributed by atoms with Gasteiger partial charge in [-0.25, -0.2) is 4.98 Å². The van der Waals surface area contributed by atoms with Crippen molar-refractivity contribution in [3.05, 3.63) is 77.6 Å². The van der Waals surface area contributed by atoms with Gasteiger partial charge in [-0.1, -0.05) is 60.7 Å². The number of hydrogen-bond donors (Lipinski definition) is 0. The molecule has 29 heavy (non-hydrogen) atoms. The van der Waals surface area contributed by atoms with Crippen LogP contribution < -0.4 is 4.90 Å². The zero-order chi connectivity index (χ0) is 20.4. The normalized spacial score (nSPS) is 11.3. The predicted molar refractivity (Wildman–Crippen MR) is 119 cm³/mol. The minimum absolute atomic E-state index is 0.134. The minimum Gasteiger partial charge on any atom is -0.278 e. The van der Waals surface area contributed by atoms with Gasteiger partial charge >= 0.3 is 0 Å². The second-order valence-electron chi connectivity index (χ2n) is 7.27. The summed E-state index contributed by atoms with van der Waals surface area (Å²) in [6.07, 6.45) is 2.76. The highest BCUT2D eigenvalue weighted by Gasteiger charge is 2.24. The lowest BCUT2D eigenvalue weighted by Crippen LogP contribution is -2.30. The number of amides is 1. The van der Waals surface area contributed by atoms with Crippen molar-refractivity contribution in [2.75, 3.05) is 4.90 Å². The molecule has 1 amide bonds. The molecule has 148 valence electrons. The highest BCUT2D eigenvalue weighted by Crippen LogP contribution is 2.32. The summed E-state index contributed by atoms with van der Waals surface area (Å²) in [6.45, 7) is 6.67. The Hall–Kier alpha value is -2.99. The average molecular weight is 405 g/mol. The van der Waals surface area contributed by atoms with E-state index in [1.165, 1.54) is 5.56 Å². The van der Waals surface area contributed by atoms with Gasteiger partial charge in [-0.3, -0.25) is 14.4 Å². The molecule has 2 aromatic heterocycles. The molecule has 0 aliphatic heterocycles. The van der Waals surface area contributed by atoms with Gasteiger partial charge in [0.2, 0.25) is 0 Å². The quantitative estimate of drug-likeness (QED) is 0.427. The number of para-hydroxylation sites is 1. The van der Waals surface area contributed by atoms with Gasteiger partial charge in [-0.2, -0.15) is 5.10 Å². The van der Waals surface area contributed by atoms with Crippen LogP contribution in [0, 0.1) is 0 Å². The van der Waals surface area contributed by atoms with Gasteiger partial charge in [0, 0.05) is 12.2 Å². The van der Waals surface area contributed by atoms with E-state index in [9.17, 15) is 4.79 Å². The Labute approximate surface area is 174 Å². The van der Waals surface area contributed by atoms with Gasteiger partial charge < -0.3 is 0 Å². The van der Waals surface area contributed by atoms with Crippen molar-refractivity contribution >= 4 is 32.6 Å². The first-order valence-corrected chi connectivity index (χ1v) is 10.7. The van der Waals surface area contributed by atoms with E-state index in [-0.39, 0.29) is 11.9 Å². The number of anilines is 1. The molecule has 6 heteroatoms. The van der Waals surface area contributed by atoms with Crippen molar-refractivity contribution in [2.45, 2.75) is 39.8 Å². The number of carbonyl (C=O) groups is 1. The van der Waals surface area contributed by atoms with E-state index in [1.807, 2.05) is 55.1 Å². The number of hydrogen-bond acceptors (Lipinski definition) is 4. The van der Waals surface area contributed by atoms with Crippen molar-refractivity contribution in [2.24, 2.45) is 0 Å². The number of aryl methyl sites for hydroxylation is 1. The van der Waals surface area contributed by atoms with E-state index in [1.54, 1.807) is 22.3 Å². The molecule has 4 aromatic rings. The lowest BCUT2D eigenvalue weighted by atomic mass is 10.1. The molecule has 0 spiro atoms. The van der Waals surface area contributed by atoms with Gasteiger partial charge in [0.05, 0.1) is 16.8 Å². The third-order valence-corrected chi connectivity index (χ3v) is 5.93. The molecule has 0 radical (unpaired) electrons. The number of carbonyl (C=O) groups excluding carboxylic acids is 1. The van der Waals surface area contributed by atoms with Crippen LogP contribution in [0.3, 0.4) is 0 Å². The third-order valence-electron chi connectivity index (χ3n) is 4.89. The van der Waals surface area contributed by atoms with E-state index >= 15 is 0 Å². The van der Waals surface area contributed by atoms with Gasteiger partial charge in [0.15, 0.2) is 10.8 Å². The smallest absolute Gasteiger partial charge is 0.278 e. The lowest BCUT2D eigenvalue weighted by Gasteiger charge is -2.19. The van der Waals surface area contributed by atoms with Crippen molar-refractivity contribution in [1.29, 1.82) is 0 Å². The van der Waals surface area contributed by atoms with Gasteiger partial charge in [0.25, 0.3) is 5.91 Å². The van der Waals surface area contributed by atoms with Crippen molar-refractivity contribution in [3.63, 3.8) is 0 Å². The van der Waals surface area contributed by atoms with E-state index in [0.717, 1.165) is 22.2 Å². The summed E-state index contributed by atoms with van der Waals surface area (Å²) in [5.74, 6) is -0.134. The molecule has 0 aliphatic carbocycles. The monoisotopic (exact) mass is 404 g/mol.